The molecule has 0 saturated heterocycles. The first-order chi connectivity index (χ1) is 11.4. The number of anilines is 1. The number of carbonyl (C=O) groups is 2. The second kappa shape index (κ2) is 7.23. The van der Waals surface area contributed by atoms with Crippen LogP contribution in [0.4, 0.5) is 5.69 Å². The summed E-state index contributed by atoms with van der Waals surface area (Å²) < 4.78 is 9.53. The molecule has 0 bridgehead atoms. The topological polar surface area (TPSA) is 76.1 Å². The minimum Gasteiger partial charge on any atom is -0.505 e. The Kier molecular flexibility index (Phi) is 5.31. The summed E-state index contributed by atoms with van der Waals surface area (Å²) in [4.78, 5) is 25.7. The zero-order valence-electron chi connectivity index (χ0n) is 13.4. The Morgan fingerprint density at radius 1 is 1.12 bits per heavy atom. The first-order valence-corrected chi connectivity index (χ1v) is 7.32. The highest BCUT2D eigenvalue weighted by Crippen LogP contribution is 2.37. The van der Waals surface area contributed by atoms with Crippen molar-refractivity contribution in [3.05, 3.63) is 58.4 Å². The Balaban J connectivity index is 2.75. The molecule has 0 fully saturated rings. The van der Waals surface area contributed by atoms with E-state index in [1.807, 2.05) is 0 Å². The monoisotopic (exact) mass is 349 g/mol. The number of esters is 2. The van der Waals surface area contributed by atoms with Crippen molar-refractivity contribution in [1.82, 2.24) is 0 Å². The summed E-state index contributed by atoms with van der Waals surface area (Å²) in [6.07, 6.45) is 6.13. The Labute approximate surface area is 144 Å². The van der Waals surface area contributed by atoms with Crippen LogP contribution in [0.3, 0.4) is 0 Å². The van der Waals surface area contributed by atoms with Crippen molar-refractivity contribution in [2.45, 2.75) is 6.92 Å². The predicted molar refractivity (Wildman–Crippen MR) is 89.7 cm³/mol. The van der Waals surface area contributed by atoms with Crippen LogP contribution in [0, 0.1) is 6.92 Å². The lowest BCUT2D eigenvalue weighted by molar-refractivity contribution is -0.139. The van der Waals surface area contributed by atoms with Crippen LogP contribution < -0.4 is 4.90 Å². The van der Waals surface area contributed by atoms with Gasteiger partial charge >= 0.3 is 11.9 Å². The number of rotatable bonds is 3. The van der Waals surface area contributed by atoms with Crippen molar-refractivity contribution in [2.24, 2.45) is 0 Å². The lowest BCUT2D eigenvalue weighted by Crippen LogP contribution is -2.27. The number of aryl methyl sites for hydroxylation is 1. The molecule has 6 nitrogen and oxygen atoms in total. The first-order valence-electron chi connectivity index (χ1n) is 6.94. The number of hydrogen-bond donors (Lipinski definition) is 1. The molecule has 0 aliphatic carbocycles. The molecule has 1 heterocycles. The number of phenolic OH excluding ortho intramolecular Hbond substituents is 1. The van der Waals surface area contributed by atoms with E-state index in [2.05, 4.69) is 0 Å². The van der Waals surface area contributed by atoms with Crippen LogP contribution in [-0.2, 0) is 19.1 Å². The van der Waals surface area contributed by atoms with Gasteiger partial charge in [-0.15, -0.1) is 0 Å². The molecule has 7 heteroatoms. The van der Waals surface area contributed by atoms with Crippen molar-refractivity contribution in [2.75, 3.05) is 19.1 Å². The number of methoxy groups -OCH3 is 2. The fourth-order valence-electron chi connectivity index (χ4n) is 2.25. The summed E-state index contributed by atoms with van der Waals surface area (Å²) in [6, 6.07) is 3.07. The maximum absolute atomic E-state index is 12.3. The van der Waals surface area contributed by atoms with Gasteiger partial charge in [0.25, 0.3) is 0 Å². The Morgan fingerprint density at radius 2 is 1.79 bits per heavy atom. The molecule has 0 saturated carbocycles. The van der Waals surface area contributed by atoms with Crippen LogP contribution in [-0.4, -0.2) is 31.3 Å². The number of allylic oxidation sites excluding steroid dienone is 2. The van der Waals surface area contributed by atoms with E-state index in [9.17, 15) is 14.7 Å². The molecule has 2 rings (SSSR count). The van der Waals surface area contributed by atoms with E-state index in [0.717, 1.165) is 0 Å². The molecule has 126 valence electrons. The average molecular weight is 350 g/mol. The molecule has 1 aliphatic heterocycles. The maximum Gasteiger partial charge on any atom is 0.355 e. The third kappa shape index (κ3) is 3.28. The van der Waals surface area contributed by atoms with E-state index in [1.165, 1.54) is 37.5 Å². The van der Waals surface area contributed by atoms with Gasteiger partial charge < -0.3 is 19.5 Å². The van der Waals surface area contributed by atoms with E-state index in [4.69, 9.17) is 21.1 Å². The summed E-state index contributed by atoms with van der Waals surface area (Å²) in [7, 11) is 2.41. The van der Waals surface area contributed by atoms with Crippen molar-refractivity contribution in [1.29, 1.82) is 0 Å². The molecule has 1 aromatic carbocycles. The number of halogens is 1. The van der Waals surface area contributed by atoms with Gasteiger partial charge in [0.2, 0.25) is 0 Å². The molecule has 0 amide bonds. The summed E-state index contributed by atoms with van der Waals surface area (Å²) in [5.74, 6) is -1.54. The fourth-order valence-corrected chi connectivity index (χ4v) is 2.52. The van der Waals surface area contributed by atoms with Gasteiger partial charge in [-0.1, -0.05) is 17.7 Å². The van der Waals surface area contributed by atoms with Gasteiger partial charge in [-0.2, -0.15) is 0 Å². The minimum atomic E-state index is -0.761. The van der Waals surface area contributed by atoms with E-state index in [1.54, 1.807) is 25.1 Å². The third-order valence-corrected chi connectivity index (χ3v) is 3.61. The third-order valence-electron chi connectivity index (χ3n) is 3.39. The van der Waals surface area contributed by atoms with Gasteiger partial charge in [0, 0.05) is 11.2 Å². The lowest BCUT2D eigenvalue weighted by Gasteiger charge is -2.24. The standard InChI is InChI=1S/C17H16ClNO5/c1-10-8-11(18)9-13(15(10)20)19-7-5-4-6-12(16(21)23-2)14(19)17(22)24-3/h4-9,20H,1-3H3. The summed E-state index contributed by atoms with van der Waals surface area (Å²) >= 11 is 6.07. The number of ether oxygens (including phenoxy) is 2. The SMILES string of the molecule is COC(=O)C1=C(C(=O)OC)N(c2cc(Cl)cc(C)c2O)C=CC=C1. The summed E-state index contributed by atoms with van der Waals surface area (Å²) in [6.45, 7) is 1.67. The molecule has 24 heavy (non-hydrogen) atoms. The van der Waals surface area contributed by atoms with Crippen LogP contribution in [0.1, 0.15) is 5.56 Å². The number of aromatic hydroxyl groups is 1. The Morgan fingerprint density at radius 3 is 2.42 bits per heavy atom. The normalized spacial score (nSPS) is 13.8. The van der Waals surface area contributed by atoms with Gasteiger partial charge in [-0.25, -0.2) is 9.59 Å². The van der Waals surface area contributed by atoms with Crippen LogP contribution in [0.5, 0.6) is 5.75 Å². The van der Waals surface area contributed by atoms with Crippen molar-refractivity contribution in [3.8, 4) is 5.75 Å². The number of phenols is 1. The predicted octanol–water partition coefficient (Wildman–Crippen LogP) is 2.84. The summed E-state index contributed by atoms with van der Waals surface area (Å²) in [5, 5.41) is 10.7. The van der Waals surface area contributed by atoms with Gasteiger partial charge in [-0.3, -0.25) is 0 Å². The van der Waals surface area contributed by atoms with Crippen LogP contribution in [0.2, 0.25) is 5.02 Å². The molecule has 1 aliphatic rings. The fraction of sp³-hybridized carbons (Fsp3) is 0.176. The summed E-state index contributed by atoms with van der Waals surface area (Å²) in [5.41, 5.74) is 0.659. The highest BCUT2D eigenvalue weighted by molar-refractivity contribution is 6.31. The van der Waals surface area contributed by atoms with Crippen molar-refractivity contribution in [3.63, 3.8) is 0 Å². The number of carbonyl (C=O) groups excluding carboxylic acids is 2. The molecular formula is C17H16ClNO5. The second-order valence-electron chi connectivity index (χ2n) is 4.91. The lowest BCUT2D eigenvalue weighted by atomic mass is 10.1. The number of benzene rings is 1. The largest absolute Gasteiger partial charge is 0.505 e. The van der Waals surface area contributed by atoms with E-state index >= 15 is 0 Å². The van der Waals surface area contributed by atoms with Gasteiger partial charge in [0.05, 0.1) is 25.5 Å². The smallest absolute Gasteiger partial charge is 0.355 e. The number of nitrogens with zero attached hydrogens (tertiary/aromatic N) is 1. The van der Waals surface area contributed by atoms with E-state index < -0.39 is 11.9 Å². The molecule has 1 aromatic rings. The molecular weight excluding hydrogens is 334 g/mol. The van der Waals surface area contributed by atoms with Gasteiger partial charge in [0.15, 0.2) is 0 Å². The van der Waals surface area contributed by atoms with Gasteiger partial charge in [-0.05, 0) is 36.8 Å². The molecule has 0 aromatic heterocycles. The van der Waals surface area contributed by atoms with Crippen LogP contribution in [0.25, 0.3) is 0 Å². The average Bonchev–Trinajstić information content (AvgIpc) is 2.79. The Hall–Kier alpha value is -2.73. The molecule has 0 atom stereocenters. The minimum absolute atomic E-state index is 0.00798. The maximum atomic E-state index is 12.3. The zero-order chi connectivity index (χ0) is 17.9. The second-order valence-corrected chi connectivity index (χ2v) is 5.34. The quantitative estimate of drug-likeness (QED) is 0.846. The number of hydrogen-bond acceptors (Lipinski definition) is 6. The highest BCUT2D eigenvalue weighted by atomic mass is 35.5. The van der Waals surface area contributed by atoms with Gasteiger partial charge in [0.1, 0.15) is 11.4 Å². The molecule has 0 spiro atoms. The van der Waals surface area contributed by atoms with E-state index in [-0.39, 0.29) is 22.7 Å². The highest BCUT2D eigenvalue weighted by Gasteiger charge is 2.29. The molecule has 1 N–H and O–H groups in total. The Bertz CT molecular complexity index is 779. The first kappa shape index (κ1) is 17.6. The molecule has 0 radical (unpaired) electrons. The zero-order valence-corrected chi connectivity index (χ0v) is 14.1. The van der Waals surface area contributed by atoms with Crippen LogP contribution >= 0.6 is 11.6 Å². The van der Waals surface area contributed by atoms with E-state index in [0.29, 0.717) is 10.6 Å². The van der Waals surface area contributed by atoms with Crippen molar-refractivity contribution < 1.29 is 24.2 Å². The molecule has 0 unspecified atom stereocenters. The van der Waals surface area contributed by atoms with Crippen LogP contribution in [0.15, 0.2) is 47.8 Å². The van der Waals surface area contributed by atoms with Crippen molar-refractivity contribution >= 4 is 29.2 Å².